The molecule has 18 heavy (non-hydrogen) atoms. The lowest BCUT2D eigenvalue weighted by Crippen LogP contribution is -2.26. The van der Waals surface area contributed by atoms with Crippen molar-refractivity contribution in [2.45, 2.75) is 47.1 Å². The molecule has 2 atom stereocenters. The Kier molecular flexibility index (Phi) is 4.23. The third-order valence-electron chi connectivity index (χ3n) is 3.80. The zero-order valence-electron chi connectivity index (χ0n) is 11.9. The minimum absolute atomic E-state index is 0.726. The van der Waals surface area contributed by atoms with Crippen molar-refractivity contribution in [3.63, 3.8) is 0 Å². The normalized spacial score (nSPS) is 24.1. The van der Waals surface area contributed by atoms with Crippen LogP contribution in [0.25, 0.3) is 0 Å². The molecule has 1 N–H and O–H groups in total. The van der Waals surface area contributed by atoms with Crippen molar-refractivity contribution in [1.82, 2.24) is 10.5 Å². The van der Waals surface area contributed by atoms with Gasteiger partial charge >= 0.3 is 0 Å². The molecule has 0 aliphatic heterocycles. The van der Waals surface area contributed by atoms with E-state index < -0.39 is 0 Å². The molecule has 0 amide bonds. The van der Waals surface area contributed by atoms with Gasteiger partial charge in [-0.05, 0) is 52.0 Å². The Balaban J connectivity index is 1.81. The first-order valence-electron chi connectivity index (χ1n) is 6.86. The van der Waals surface area contributed by atoms with E-state index in [2.05, 4.69) is 30.4 Å². The van der Waals surface area contributed by atoms with Crippen molar-refractivity contribution in [2.24, 2.45) is 11.8 Å². The zero-order valence-corrected chi connectivity index (χ0v) is 11.9. The summed E-state index contributed by atoms with van der Waals surface area (Å²) in [5.74, 6) is 2.43. The lowest BCUT2D eigenvalue weighted by atomic mass is 9.84. The van der Waals surface area contributed by atoms with Crippen LogP contribution in [0.2, 0.25) is 0 Å². The molecule has 100 valence electrons. The predicted octanol–water partition coefficient (Wildman–Crippen LogP) is 3.37. The molecule has 0 bridgehead atoms. The number of allylic oxidation sites excluding steroid dienone is 2. The van der Waals surface area contributed by atoms with E-state index in [1.165, 1.54) is 24.0 Å². The van der Waals surface area contributed by atoms with Gasteiger partial charge in [0.15, 0.2) is 0 Å². The van der Waals surface area contributed by atoms with E-state index in [-0.39, 0.29) is 0 Å². The highest BCUT2D eigenvalue weighted by atomic mass is 16.5. The van der Waals surface area contributed by atoms with E-state index in [0.717, 1.165) is 36.4 Å². The minimum Gasteiger partial charge on any atom is -0.361 e. The maximum Gasteiger partial charge on any atom is 0.138 e. The molecule has 1 aromatic heterocycles. The van der Waals surface area contributed by atoms with Crippen molar-refractivity contribution >= 4 is 0 Å². The van der Waals surface area contributed by atoms with Crippen LogP contribution in [0.15, 0.2) is 16.2 Å². The number of nitrogens with zero attached hydrogens (tertiary/aromatic N) is 1. The maximum atomic E-state index is 5.17. The quantitative estimate of drug-likeness (QED) is 0.830. The fraction of sp³-hybridized carbons (Fsp3) is 0.667. The zero-order chi connectivity index (χ0) is 13.1. The Labute approximate surface area is 110 Å². The molecule has 2 rings (SSSR count). The predicted molar refractivity (Wildman–Crippen MR) is 73.3 cm³/mol. The van der Waals surface area contributed by atoms with E-state index in [1.807, 2.05) is 13.8 Å². The minimum atomic E-state index is 0.726. The monoisotopic (exact) mass is 248 g/mol. The largest absolute Gasteiger partial charge is 0.361 e. The molecular formula is C15H24N2O. The van der Waals surface area contributed by atoms with Crippen LogP contribution in [0.4, 0.5) is 0 Å². The molecule has 0 fully saturated rings. The topological polar surface area (TPSA) is 38.1 Å². The Morgan fingerprint density at radius 2 is 2.17 bits per heavy atom. The summed E-state index contributed by atoms with van der Waals surface area (Å²) in [5.41, 5.74) is 3.76. The van der Waals surface area contributed by atoms with Crippen LogP contribution in [0, 0.1) is 25.7 Å². The average Bonchev–Trinajstić information content (AvgIpc) is 2.59. The Morgan fingerprint density at radius 1 is 1.39 bits per heavy atom. The van der Waals surface area contributed by atoms with Gasteiger partial charge in [-0.2, -0.15) is 0 Å². The van der Waals surface area contributed by atoms with Crippen LogP contribution in [-0.4, -0.2) is 11.7 Å². The number of hydrogen-bond acceptors (Lipinski definition) is 3. The highest BCUT2D eigenvalue weighted by Crippen LogP contribution is 2.27. The van der Waals surface area contributed by atoms with Crippen molar-refractivity contribution in [3.05, 3.63) is 28.7 Å². The smallest absolute Gasteiger partial charge is 0.138 e. The second-order valence-corrected chi connectivity index (χ2v) is 5.73. The standard InChI is InChI=1S/C15H24N2O/c1-10-5-11(2)7-14(6-10)8-16-9-15-12(3)17-18-13(15)4/h5,10,14,16H,6-9H2,1-4H3. The van der Waals surface area contributed by atoms with Gasteiger partial charge in [-0.1, -0.05) is 23.7 Å². The van der Waals surface area contributed by atoms with Gasteiger partial charge in [-0.3, -0.25) is 0 Å². The summed E-state index contributed by atoms with van der Waals surface area (Å²) in [6.07, 6.45) is 4.94. The van der Waals surface area contributed by atoms with Crippen LogP contribution >= 0.6 is 0 Å². The highest BCUT2D eigenvalue weighted by molar-refractivity contribution is 5.20. The number of aromatic nitrogens is 1. The van der Waals surface area contributed by atoms with Crippen LogP contribution in [-0.2, 0) is 6.54 Å². The first-order chi connectivity index (χ1) is 8.56. The summed E-state index contributed by atoms with van der Waals surface area (Å²) in [6, 6.07) is 0. The first-order valence-corrected chi connectivity index (χ1v) is 6.86. The molecule has 0 radical (unpaired) electrons. The van der Waals surface area contributed by atoms with E-state index >= 15 is 0 Å². The van der Waals surface area contributed by atoms with Crippen molar-refractivity contribution in [2.75, 3.05) is 6.54 Å². The number of nitrogens with one attached hydrogen (secondary N) is 1. The Hall–Kier alpha value is -1.09. The second kappa shape index (κ2) is 5.70. The SMILES string of the molecule is CC1=CC(C)CC(CNCc2c(C)noc2C)C1. The summed E-state index contributed by atoms with van der Waals surface area (Å²) in [7, 11) is 0. The van der Waals surface area contributed by atoms with E-state index in [1.54, 1.807) is 0 Å². The van der Waals surface area contributed by atoms with Gasteiger partial charge in [0.25, 0.3) is 0 Å². The Morgan fingerprint density at radius 3 is 2.78 bits per heavy atom. The lowest BCUT2D eigenvalue weighted by Gasteiger charge is -2.25. The molecule has 0 saturated heterocycles. The molecule has 0 spiro atoms. The van der Waals surface area contributed by atoms with Crippen molar-refractivity contribution < 1.29 is 4.52 Å². The van der Waals surface area contributed by atoms with E-state index in [4.69, 9.17) is 4.52 Å². The van der Waals surface area contributed by atoms with Gasteiger partial charge in [0.05, 0.1) is 5.69 Å². The van der Waals surface area contributed by atoms with Crippen LogP contribution in [0.5, 0.6) is 0 Å². The van der Waals surface area contributed by atoms with E-state index in [9.17, 15) is 0 Å². The van der Waals surface area contributed by atoms with Gasteiger partial charge in [0.2, 0.25) is 0 Å². The van der Waals surface area contributed by atoms with Gasteiger partial charge < -0.3 is 9.84 Å². The summed E-state index contributed by atoms with van der Waals surface area (Å²) in [4.78, 5) is 0. The molecule has 2 unspecified atom stereocenters. The fourth-order valence-electron chi connectivity index (χ4n) is 3.00. The Bertz CT molecular complexity index is 414. The summed E-state index contributed by atoms with van der Waals surface area (Å²) in [5, 5.41) is 7.53. The van der Waals surface area contributed by atoms with Gasteiger partial charge in [-0.25, -0.2) is 0 Å². The maximum absolute atomic E-state index is 5.17. The number of hydrogen-bond donors (Lipinski definition) is 1. The average molecular weight is 248 g/mol. The molecule has 1 aromatic rings. The molecule has 1 heterocycles. The highest BCUT2D eigenvalue weighted by Gasteiger charge is 2.18. The van der Waals surface area contributed by atoms with Crippen LogP contribution in [0.1, 0.15) is 43.7 Å². The number of aryl methyl sites for hydroxylation is 2. The molecular weight excluding hydrogens is 224 g/mol. The summed E-state index contributed by atoms with van der Waals surface area (Å²) < 4.78 is 5.17. The third kappa shape index (κ3) is 3.22. The van der Waals surface area contributed by atoms with Gasteiger partial charge in [-0.15, -0.1) is 0 Å². The van der Waals surface area contributed by atoms with Gasteiger partial charge in [0, 0.05) is 12.1 Å². The first kappa shape index (κ1) is 13.3. The van der Waals surface area contributed by atoms with E-state index in [0.29, 0.717) is 0 Å². The molecule has 0 saturated carbocycles. The third-order valence-corrected chi connectivity index (χ3v) is 3.80. The summed E-state index contributed by atoms with van der Waals surface area (Å²) >= 11 is 0. The summed E-state index contributed by atoms with van der Waals surface area (Å²) in [6.45, 7) is 10.5. The molecule has 3 nitrogen and oxygen atoms in total. The van der Waals surface area contributed by atoms with Crippen molar-refractivity contribution in [3.8, 4) is 0 Å². The van der Waals surface area contributed by atoms with Gasteiger partial charge in [0.1, 0.15) is 5.76 Å². The lowest BCUT2D eigenvalue weighted by molar-refractivity contribution is 0.378. The molecule has 1 aliphatic rings. The number of rotatable bonds is 4. The molecule has 3 heteroatoms. The second-order valence-electron chi connectivity index (χ2n) is 5.73. The fourth-order valence-corrected chi connectivity index (χ4v) is 3.00. The van der Waals surface area contributed by atoms with Crippen LogP contribution in [0.3, 0.4) is 0 Å². The van der Waals surface area contributed by atoms with Crippen molar-refractivity contribution in [1.29, 1.82) is 0 Å². The molecule has 0 aromatic carbocycles. The van der Waals surface area contributed by atoms with Crippen LogP contribution < -0.4 is 5.32 Å². The molecule has 1 aliphatic carbocycles.